The third kappa shape index (κ3) is 2.44. The zero-order chi connectivity index (χ0) is 13.0. The van der Waals surface area contributed by atoms with E-state index in [1.807, 2.05) is 0 Å². The Morgan fingerprint density at radius 2 is 2.18 bits per heavy atom. The predicted octanol–water partition coefficient (Wildman–Crippen LogP) is 1.70. The molecule has 92 valence electrons. The molecule has 1 aromatic carbocycles. The van der Waals surface area contributed by atoms with Crippen molar-refractivity contribution in [1.29, 1.82) is 0 Å². The van der Waals surface area contributed by atoms with Crippen LogP contribution in [-0.4, -0.2) is 29.7 Å². The molecule has 0 atom stereocenters. The van der Waals surface area contributed by atoms with Gasteiger partial charge in [0.25, 0.3) is 0 Å². The lowest BCUT2D eigenvalue weighted by atomic mass is 10.1. The molecule has 0 amide bonds. The highest BCUT2D eigenvalue weighted by molar-refractivity contribution is 5.94. The summed E-state index contributed by atoms with van der Waals surface area (Å²) in [5, 5.41) is 19.8. The Balaban J connectivity index is 3.52. The number of carboxylic acids is 1. The van der Waals surface area contributed by atoms with E-state index in [0.717, 1.165) is 6.07 Å². The quantitative estimate of drug-likeness (QED) is 0.622. The summed E-state index contributed by atoms with van der Waals surface area (Å²) < 4.78 is 9.98. The Labute approximate surface area is 96.7 Å². The first kappa shape index (κ1) is 12.8. The molecule has 7 heteroatoms. The number of ether oxygens (including phenoxy) is 2. The minimum Gasteiger partial charge on any atom is -0.493 e. The first-order valence-electron chi connectivity index (χ1n) is 4.74. The molecule has 0 spiro atoms. The standard InChI is InChI=1S/C10H11NO6/c1-3-17-9-7(16-2)5-4-6(10(12)13)8(9)11(14)15/h4-5H,3H2,1-2H3,(H,12,13). The second-order valence-corrected chi connectivity index (χ2v) is 2.99. The van der Waals surface area contributed by atoms with Crippen molar-refractivity contribution in [2.45, 2.75) is 6.92 Å². The largest absolute Gasteiger partial charge is 0.493 e. The normalized spacial score (nSPS) is 9.76. The smallest absolute Gasteiger partial charge is 0.342 e. The maximum atomic E-state index is 10.9. The molecule has 0 unspecified atom stereocenters. The lowest BCUT2D eigenvalue weighted by molar-refractivity contribution is -0.386. The van der Waals surface area contributed by atoms with Crippen molar-refractivity contribution in [3.8, 4) is 11.5 Å². The molecule has 0 saturated carbocycles. The van der Waals surface area contributed by atoms with Crippen LogP contribution in [0.2, 0.25) is 0 Å². The summed E-state index contributed by atoms with van der Waals surface area (Å²) in [5.41, 5.74) is -1.03. The van der Waals surface area contributed by atoms with Gasteiger partial charge in [-0.2, -0.15) is 0 Å². The summed E-state index contributed by atoms with van der Waals surface area (Å²) in [7, 11) is 1.32. The van der Waals surface area contributed by atoms with Gasteiger partial charge in [0.1, 0.15) is 5.56 Å². The maximum Gasteiger partial charge on any atom is 0.342 e. The molecule has 0 aromatic heterocycles. The molecule has 0 heterocycles. The van der Waals surface area contributed by atoms with Gasteiger partial charge in [-0.15, -0.1) is 0 Å². The summed E-state index contributed by atoms with van der Waals surface area (Å²) in [6, 6.07) is 2.43. The van der Waals surface area contributed by atoms with Crippen LogP contribution in [0.3, 0.4) is 0 Å². The maximum absolute atomic E-state index is 10.9. The number of hydrogen-bond donors (Lipinski definition) is 1. The van der Waals surface area contributed by atoms with Crippen LogP contribution in [0.15, 0.2) is 12.1 Å². The number of nitro benzene ring substituents is 1. The molecule has 0 aliphatic rings. The van der Waals surface area contributed by atoms with E-state index >= 15 is 0 Å². The van der Waals surface area contributed by atoms with Gasteiger partial charge in [-0.25, -0.2) is 4.79 Å². The average molecular weight is 241 g/mol. The Bertz CT molecular complexity index is 456. The predicted molar refractivity (Wildman–Crippen MR) is 57.8 cm³/mol. The van der Waals surface area contributed by atoms with Gasteiger partial charge in [0.15, 0.2) is 5.75 Å². The number of methoxy groups -OCH3 is 1. The van der Waals surface area contributed by atoms with Crippen LogP contribution in [0.25, 0.3) is 0 Å². The van der Waals surface area contributed by atoms with Gasteiger partial charge in [-0.1, -0.05) is 0 Å². The first-order valence-corrected chi connectivity index (χ1v) is 4.74. The van der Waals surface area contributed by atoms with E-state index in [0.29, 0.717) is 0 Å². The SMILES string of the molecule is CCOc1c(OC)ccc(C(=O)O)c1[N+](=O)[O-]. The number of nitrogens with zero attached hydrogens (tertiary/aromatic N) is 1. The highest BCUT2D eigenvalue weighted by atomic mass is 16.6. The molecule has 0 saturated heterocycles. The number of carboxylic acid groups (broad SMARTS) is 1. The molecule has 1 aromatic rings. The number of nitro groups is 1. The fourth-order valence-corrected chi connectivity index (χ4v) is 1.35. The second kappa shape index (κ2) is 5.15. The summed E-state index contributed by atoms with van der Waals surface area (Å²) in [6.07, 6.45) is 0. The first-order chi connectivity index (χ1) is 8.02. The van der Waals surface area contributed by atoms with Gasteiger partial charge in [0.05, 0.1) is 18.6 Å². The Morgan fingerprint density at radius 3 is 2.59 bits per heavy atom. The van der Waals surface area contributed by atoms with Crippen LogP contribution in [0.1, 0.15) is 17.3 Å². The number of hydrogen-bond acceptors (Lipinski definition) is 5. The molecule has 0 aliphatic carbocycles. The van der Waals surface area contributed by atoms with E-state index in [1.54, 1.807) is 6.92 Å². The van der Waals surface area contributed by atoms with E-state index in [2.05, 4.69) is 0 Å². The van der Waals surface area contributed by atoms with Crippen LogP contribution in [0.4, 0.5) is 5.69 Å². The van der Waals surface area contributed by atoms with Gasteiger partial charge in [-0.3, -0.25) is 10.1 Å². The fourth-order valence-electron chi connectivity index (χ4n) is 1.35. The third-order valence-electron chi connectivity index (χ3n) is 2.02. The van der Waals surface area contributed by atoms with Crippen molar-refractivity contribution in [3.63, 3.8) is 0 Å². The summed E-state index contributed by atoms with van der Waals surface area (Å²) >= 11 is 0. The number of carbonyl (C=O) groups is 1. The molecule has 7 nitrogen and oxygen atoms in total. The van der Waals surface area contributed by atoms with Crippen LogP contribution in [0.5, 0.6) is 11.5 Å². The van der Waals surface area contributed by atoms with Crippen LogP contribution in [-0.2, 0) is 0 Å². The van der Waals surface area contributed by atoms with Crippen LogP contribution >= 0.6 is 0 Å². The second-order valence-electron chi connectivity index (χ2n) is 2.99. The molecular formula is C10H11NO6. The summed E-state index contributed by atoms with van der Waals surface area (Å²) in [6.45, 7) is 1.80. The van der Waals surface area contributed by atoms with Crippen LogP contribution < -0.4 is 9.47 Å². The average Bonchev–Trinajstić information content (AvgIpc) is 2.28. The van der Waals surface area contributed by atoms with Crippen molar-refractivity contribution < 1.29 is 24.3 Å². The van der Waals surface area contributed by atoms with E-state index in [1.165, 1.54) is 13.2 Å². The van der Waals surface area contributed by atoms with Gasteiger partial charge in [0, 0.05) is 0 Å². The topological polar surface area (TPSA) is 98.9 Å². The molecule has 0 bridgehead atoms. The lowest BCUT2D eigenvalue weighted by Gasteiger charge is -2.10. The number of rotatable bonds is 5. The van der Waals surface area contributed by atoms with Crippen molar-refractivity contribution >= 4 is 11.7 Å². The summed E-state index contributed by atoms with van der Waals surface area (Å²) in [4.78, 5) is 21.0. The Kier molecular flexibility index (Phi) is 3.86. The lowest BCUT2D eigenvalue weighted by Crippen LogP contribution is -2.07. The summed E-state index contributed by atoms with van der Waals surface area (Å²) in [5.74, 6) is -1.43. The Morgan fingerprint density at radius 1 is 1.53 bits per heavy atom. The third-order valence-corrected chi connectivity index (χ3v) is 2.02. The molecule has 0 radical (unpaired) electrons. The molecular weight excluding hydrogens is 230 g/mol. The Hall–Kier alpha value is -2.31. The van der Waals surface area contributed by atoms with E-state index < -0.39 is 22.1 Å². The molecule has 0 aliphatic heterocycles. The van der Waals surface area contributed by atoms with Gasteiger partial charge in [-0.05, 0) is 19.1 Å². The van der Waals surface area contributed by atoms with Gasteiger partial charge in [0.2, 0.25) is 5.75 Å². The fraction of sp³-hybridized carbons (Fsp3) is 0.300. The van der Waals surface area contributed by atoms with Crippen molar-refractivity contribution in [3.05, 3.63) is 27.8 Å². The molecule has 17 heavy (non-hydrogen) atoms. The van der Waals surface area contributed by atoms with Crippen molar-refractivity contribution in [2.24, 2.45) is 0 Å². The highest BCUT2D eigenvalue weighted by Gasteiger charge is 2.28. The van der Waals surface area contributed by atoms with E-state index in [4.69, 9.17) is 14.6 Å². The van der Waals surface area contributed by atoms with Crippen molar-refractivity contribution in [2.75, 3.05) is 13.7 Å². The highest BCUT2D eigenvalue weighted by Crippen LogP contribution is 2.39. The van der Waals surface area contributed by atoms with E-state index in [-0.39, 0.29) is 18.1 Å². The molecule has 0 fully saturated rings. The van der Waals surface area contributed by atoms with E-state index in [9.17, 15) is 14.9 Å². The van der Waals surface area contributed by atoms with Gasteiger partial charge < -0.3 is 14.6 Å². The number of aromatic carboxylic acids is 1. The van der Waals surface area contributed by atoms with Gasteiger partial charge >= 0.3 is 11.7 Å². The minimum absolute atomic E-state index is 0.128. The molecule has 1 N–H and O–H groups in total. The minimum atomic E-state index is -1.39. The number of benzene rings is 1. The zero-order valence-electron chi connectivity index (χ0n) is 9.30. The monoisotopic (exact) mass is 241 g/mol. The molecule has 1 rings (SSSR count). The van der Waals surface area contributed by atoms with Crippen LogP contribution in [0, 0.1) is 10.1 Å². The zero-order valence-corrected chi connectivity index (χ0v) is 9.30. The van der Waals surface area contributed by atoms with Crippen molar-refractivity contribution in [1.82, 2.24) is 0 Å².